The number of carbonyl (C=O) groups excluding carboxylic acids is 2. The second kappa shape index (κ2) is 9.99. The van der Waals surface area contributed by atoms with E-state index in [9.17, 15) is 22.8 Å². The Bertz CT molecular complexity index is 1170. The number of ether oxygens (including phenoxy) is 1. The fraction of sp³-hybridized carbons (Fsp3) is 0.429. The zero-order valence-electron chi connectivity index (χ0n) is 20.7. The number of unbranched alkanes of at least 4 members (excludes halogenated alkanes) is 2. The Hall–Kier alpha value is -3.29. The molecule has 1 aliphatic heterocycles. The number of Topliss-reactive ketones (excluding diaryl/α,β-unsaturated/α-hetero) is 1. The van der Waals surface area contributed by atoms with Crippen LogP contribution < -0.4 is 15.0 Å². The number of nitrogens with one attached hydrogen (secondary N) is 1. The fourth-order valence-electron chi connectivity index (χ4n) is 4.95. The Kier molecular flexibility index (Phi) is 7.16. The van der Waals surface area contributed by atoms with Gasteiger partial charge in [-0.2, -0.15) is 13.2 Å². The van der Waals surface area contributed by atoms with Crippen molar-refractivity contribution in [2.24, 2.45) is 5.41 Å². The van der Waals surface area contributed by atoms with Gasteiger partial charge in [0.05, 0.1) is 24.0 Å². The minimum atomic E-state index is -5.13. The lowest BCUT2D eigenvalue weighted by Gasteiger charge is -2.37. The van der Waals surface area contributed by atoms with E-state index < -0.39 is 18.1 Å². The van der Waals surface area contributed by atoms with Gasteiger partial charge in [-0.3, -0.25) is 14.5 Å². The summed E-state index contributed by atoms with van der Waals surface area (Å²) in [4.78, 5) is 27.1. The van der Waals surface area contributed by atoms with Crippen molar-refractivity contribution in [3.63, 3.8) is 0 Å². The lowest BCUT2D eigenvalue weighted by atomic mass is 9.73. The number of ketones is 1. The number of hydrogen-bond donors (Lipinski definition) is 1. The number of anilines is 2. The maximum atomic E-state index is 13.9. The standard InChI is InChI=1S/C28H31F3N2O3/c1-4-5-8-15-36-19-13-11-18(12-14-19)25-24-21(16-27(2,3)17-23(24)34)32-20-9-6-7-10-22(20)33(25)26(35)28(29,30)31/h6-7,9-14,25,32H,4-5,8,15-17H2,1-3H3. The summed E-state index contributed by atoms with van der Waals surface area (Å²) in [5.41, 5.74) is 1.21. The molecular weight excluding hydrogens is 469 g/mol. The van der Waals surface area contributed by atoms with Crippen LogP contribution in [0.4, 0.5) is 24.5 Å². The third-order valence-electron chi connectivity index (χ3n) is 6.57. The predicted octanol–water partition coefficient (Wildman–Crippen LogP) is 6.96. The average Bonchev–Trinajstić information content (AvgIpc) is 2.94. The zero-order chi connectivity index (χ0) is 26.1. The van der Waals surface area contributed by atoms with Gasteiger partial charge in [-0.1, -0.05) is 57.9 Å². The number of nitrogens with zero attached hydrogens (tertiary/aromatic N) is 1. The minimum Gasteiger partial charge on any atom is -0.494 e. The molecule has 0 fully saturated rings. The van der Waals surface area contributed by atoms with Crippen molar-refractivity contribution in [3.05, 3.63) is 65.4 Å². The molecular formula is C28H31F3N2O3. The number of carbonyl (C=O) groups is 2. The van der Waals surface area contributed by atoms with Gasteiger partial charge in [0.1, 0.15) is 5.75 Å². The summed E-state index contributed by atoms with van der Waals surface area (Å²) in [5.74, 6) is -1.71. The van der Waals surface area contributed by atoms with Gasteiger partial charge in [0.25, 0.3) is 0 Å². The van der Waals surface area contributed by atoms with Crippen LogP contribution in [0, 0.1) is 5.41 Å². The summed E-state index contributed by atoms with van der Waals surface area (Å²) < 4.78 is 47.5. The number of fused-ring (bicyclic) bond motifs is 1. The lowest BCUT2D eigenvalue weighted by molar-refractivity contribution is -0.170. The van der Waals surface area contributed by atoms with Crippen LogP contribution in [0.25, 0.3) is 0 Å². The molecule has 0 saturated carbocycles. The molecule has 0 spiro atoms. The summed E-state index contributed by atoms with van der Waals surface area (Å²) in [5, 5.41) is 3.21. The highest BCUT2D eigenvalue weighted by Crippen LogP contribution is 2.49. The molecule has 0 bridgehead atoms. The van der Waals surface area contributed by atoms with Crippen LogP contribution in [0.1, 0.15) is 64.5 Å². The first-order valence-electron chi connectivity index (χ1n) is 12.3. The first-order chi connectivity index (χ1) is 17.0. The Balaban J connectivity index is 1.85. The maximum Gasteiger partial charge on any atom is 0.471 e. The van der Waals surface area contributed by atoms with Gasteiger partial charge in [-0.25, -0.2) is 0 Å². The first kappa shape index (κ1) is 25.8. The van der Waals surface area contributed by atoms with Crippen molar-refractivity contribution in [3.8, 4) is 5.75 Å². The van der Waals surface area contributed by atoms with Crippen LogP contribution in [0.15, 0.2) is 59.8 Å². The largest absolute Gasteiger partial charge is 0.494 e. The number of rotatable bonds is 6. The SMILES string of the molecule is CCCCCOc1ccc(C2C3=C(CC(C)(C)CC3=O)Nc3ccccc3N2C(=O)C(F)(F)F)cc1. The van der Waals surface area contributed by atoms with Crippen LogP contribution in [-0.2, 0) is 9.59 Å². The van der Waals surface area contributed by atoms with Gasteiger partial charge in [0.2, 0.25) is 0 Å². The van der Waals surface area contributed by atoms with E-state index in [0.717, 1.165) is 24.2 Å². The molecule has 2 aromatic carbocycles. The molecule has 0 saturated heterocycles. The molecule has 0 aromatic heterocycles. The van der Waals surface area contributed by atoms with Crippen LogP contribution in [0.5, 0.6) is 5.75 Å². The van der Waals surface area contributed by atoms with E-state index in [0.29, 0.717) is 35.7 Å². The Morgan fingerprint density at radius 2 is 1.78 bits per heavy atom. The molecule has 1 N–H and O–H groups in total. The lowest BCUT2D eigenvalue weighted by Crippen LogP contribution is -2.45. The molecule has 5 nitrogen and oxygen atoms in total. The Labute approximate surface area is 209 Å². The van der Waals surface area contributed by atoms with Crippen LogP contribution >= 0.6 is 0 Å². The van der Waals surface area contributed by atoms with Crippen molar-refractivity contribution < 1.29 is 27.5 Å². The molecule has 1 heterocycles. The molecule has 2 aliphatic rings. The Morgan fingerprint density at radius 1 is 1.08 bits per heavy atom. The summed E-state index contributed by atoms with van der Waals surface area (Å²) in [6.45, 7) is 6.53. The molecule has 1 amide bonds. The summed E-state index contributed by atoms with van der Waals surface area (Å²) in [7, 11) is 0. The topological polar surface area (TPSA) is 58.6 Å². The van der Waals surface area contributed by atoms with E-state index >= 15 is 0 Å². The van der Waals surface area contributed by atoms with Gasteiger partial charge in [-0.15, -0.1) is 0 Å². The monoisotopic (exact) mass is 500 g/mol. The third kappa shape index (κ3) is 5.27. The molecule has 1 unspecified atom stereocenters. The minimum absolute atomic E-state index is 0.0738. The molecule has 1 aliphatic carbocycles. The van der Waals surface area contributed by atoms with Crippen molar-refractivity contribution >= 4 is 23.1 Å². The molecule has 192 valence electrons. The molecule has 8 heteroatoms. The Morgan fingerprint density at radius 3 is 2.44 bits per heavy atom. The van der Waals surface area contributed by atoms with Crippen molar-refractivity contribution in [2.45, 2.75) is 65.1 Å². The predicted molar refractivity (Wildman–Crippen MR) is 133 cm³/mol. The quantitative estimate of drug-likeness (QED) is 0.436. The van der Waals surface area contributed by atoms with E-state index in [1.165, 1.54) is 6.07 Å². The smallest absolute Gasteiger partial charge is 0.471 e. The van der Waals surface area contributed by atoms with Gasteiger partial charge < -0.3 is 10.1 Å². The number of alkyl halides is 3. The number of hydrogen-bond acceptors (Lipinski definition) is 4. The zero-order valence-corrected chi connectivity index (χ0v) is 20.7. The molecule has 36 heavy (non-hydrogen) atoms. The van der Waals surface area contributed by atoms with Crippen molar-refractivity contribution in [1.29, 1.82) is 0 Å². The second-order valence-corrected chi connectivity index (χ2v) is 10.2. The van der Waals surface area contributed by atoms with Crippen LogP contribution in [0.2, 0.25) is 0 Å². The first-order valence-corrected chi connectivity index (χ1v) is 12.3. The van der Waals surface area contributed by atoms with E-state index in [4.69, 9.17) is 4.74 Å². The highest BCUT2D eigenvalue weighted by Gasteiger charge is 2.50. The van der Waals surface area contributed by atoms with E-state index in [1.807, 2.05) is 13.8 Å². The molecule has 4 rings (SSSR count). The summed E-state index contributed by atoms with van der Waals surface area (Å²) >= 11 is 0. The second-order valence-electron chi connectivity index (χ2n) is 10.2. The van der Waals surface area contributed by atoms with Crippen LogP contribution in [0.3, 0.4) is 0 Å². The summed E-state index contributed by atoms with van der Waals surface area (Å²) in [6, 6.07) is 11.8. The number of halogens is 3. The number of benzene rings is 2. The third-order valence-corrected chi connectivity index (χ3v) is 6.57. The van der Waals surface area contributed by atoms with Gasteiger partial charge in [0, 0.05) is 17.7 Å². The highest BCUT2D eigenvalue weighted by molar-refractivity contribution is 6.07. The average molecular weight is 501 g/mol. The van der Waals surface area contributed by atoms with E-state index in [2.05, 4.69) is 12.2 Å². The normalized spacial score (nSPS) is 19.2. The number of para-hydroxylation sites is 2. The molecule has 1 atom stereocenters. The molecule has 0 radical (unpaired) electrons. The van der Waals surface area contributed by atoms with Gasteiger partial charge in [0.15, 0.2) is 5.78 Å². The van der Waals surface area contributed by atoms with E-state index in [-0.39, 0.29) is 28.9 Å². The van der Waals surface area contributed by atoms with Gasteiger partial charge >= 0.3 is 12.1 Å². The van der Waals surface area contributed by atoms with E-state index in [1.54, 1.807) is 42.5 Å². The number of allylic oxidation sites excluding steroid dienone is 1. The van der Waals surface area contributed by atoms with Crippen molar-refractivity contribution in [1.82, 2.24) is 0 Å². The van der Waals surface area contributed by atoms with Crippen LogP contribution in [-0.4, -0.2) is 24.5 Å². The molecule has 2 aromatic rings. The van der Waals surface area contributed by atoms with Crippen molar-refractivity contribution in [2.75, 3.05) is 16.8 Å². The maximum absolute atomic E-state index is 13.9. The fourth-order valence-corrected chi connectivity index (χ4v) is 4.95. The summed E-state index contributed by atoms with van der Waals surface area (Å²) in [6.07, 6.45) is -1.49. The number of amides is 1. The highest BCUT2D eigenvalue weighted by atomic mass is 19.4. The van der Waals surface area contributed by atoms with Gasteiger partial charge in [-0.05, 0) is 48.1 Å².